The minimum atomic E-state index is -0.0742. The second kappa shape index (κ2) is 15.5. The van der Waals surface area contributed by atoms with Gasteiger partial charge in [0.25, 0.3) is 0 Å². The molecule has 0 bridgehead atoms. The topological polar surface area (TPSA) is 36.9 Å². The highest BCUT2D eigenvalue weighted by atomic mass is 33.7. The van der Waals surface area contributed by atoms with E-state index in [2.05, 4.69) is 27.7 Å². The molecule has 26 heavy (non-hydrogen) atoms. The quantitative estimate of drug-likeness (QED) is 0.136. The van der Waals surface area contributed by atoms with Crippen LogP contribution in [0, 0.1) is 0 Å². The summed E-state index contributed by atoms with van der Waals surface area (Å²) in [4.78, 5) is 0. The van der Waals surface area contributed by atoms with Gasteiger partial charge < -0.3 is 18.9 Å². The van der Waals surface area contributed by atoms with Crippen molar-refractivity contribution < 1.29 is 18.9 Å². The van der Waals surface area contributed by atoms with Crippen molar-refractivity contribution in [2.45, 2.75) is 77.4 Å². The van der Waals surface area contributed by atoms with Crippen molar-refractivity contribution in [3.8, 4) is 0 Å². The third-order valence-corrected chi connectivity index (χ3v) is 12.5. The van der Waals surface area contributed by atoms with Crippen LogP contribution in [0.25, 0.3) is 0 Å². The zero-order valence-corrected chi connectivity index (χ0v) is 24.9. The average Bonchev–Trinajstić information content (AvgIpc) is 2.56. The van der Waals surface area contributed by atoms with E-state index in [4.69, 9.17) is 18.9 Å². The maximum Gasteiger partial charge on any atom is 0.157 e. The van der Waals surface area contributed by atoms with Gasteiger partial charge in [0.15, 0.2) is 12.6 Å². The first-order chi connectivity index (χ1) is 12.2. The molecule has 4 atom stereocenters. The van der Waals surface area contributed by atoms with Crippen LogP contribution in [0.1, 0.15) is 54.4 Å². The molecule has 0 saturated carbocycles. The molecule has 0 spiro atoms. The minimum absolute atomic E-state index is 0.0557. The average molecular weight is 479 g/mol. The third kappa shape index (κ3) is 14.6. The minimum Gasteiger partial charge on any atom is -0.353 e. The molecule has 0 fully saturated rings. The standard InChI is InChI=1S/C16H38O4S4Si2/c1-7-13(17-9-3)19-15(5,25)11-21-23-24-22-12-16(6,26)20-14(8-2)18-10-4/h13-14H,7-12H2,1-6,25-26H3. The molecule has 0 radical (unpaired) electrons. The highest BCUT2D eigenvalue weighted by Crippen LogP contribution is 2.45. The lowest BCUT2D eigenvalue weighted by Gasteiger charge is -2.30. The van der Waals surface area contributed by atoms with Gasteiger partial charge in [-0.3, -0.25) is 0 Å². The molecular formula is C16H38O4S4Si2. The Labute approximate surface area is 182 Å². The second-order valence-corrected chi connectivity index (χ2v) is 17.2. The number of ether oxygens (including phenoxy) is 4. The number of rotatable bonds is 17. The van der Waals surface area contributed by atoms with E-state index in [1.165, 1.54) is 0 Å². The maximum absolute atomic E-state index is 6.13. The Balaban J connectivity index is 3.97. The van der Waals surface area contributed by atoms with Gasteiger partial charge in [-0.1, -0.05) is 35.4 Å². The molecule has 0 aromatic rings. The molecule has 0 aromatic heterocycles. The highest BCUT2D eigenvalue weighted by Gasteiger charge is 2.25. The molecule has 0 heterocycles. The zero-order valence-electron chi connectivity index (χ0n) is 17.7. The van der Waals surface area contributed by atoms with Gasteiger partial charge in [0.05, 0.1) is 10.4 Å². The van der Waals surface area contributed by atoms with Crippen LogP contribution in [-0.4, -0.2) is 68.2 Å². The first kappa shape index (κ1) is 27.7. The molecule has 0 rings (SSSR count). The molecule has 4 nitrogen and oxygen atoms in total. The summed E-state index contributed by atoms with van der Waals surface area (Å²) < 4.78 is 23.5. The van der Waals surface area contributed by atoms with Gasteiger partial charge in [0.2, 0.25) is 0 Å². The van der Waals surface area contributed by atoms with Gasteiger partial charge in [-0.05, 0) is 60.2 Å². The van der Waals surface area contributed by atoms with Crippen LogP contribution in [0.5, 0.6) is 0 Å². The van der Waals surface area contributed by atoms with E-state index in [1.807, 2.05) is 55.1 Å². The SMILES string of the molecule is CCOC(CC)OC(C)([SiH3])CSSSSCC(C)([SiH3])OC(CC)OCC. The Hall–Kier alpha value is 1.67. The van der Waals surface area contributed by atoms with E-state index < -0.39 is 0 Å². The molecular weight excluding hydrogens is 441 g/mol. The summed E-state index contributed by atoms with van der Waals surface area (Å²) in [5, 5.41) is -0.111. The number of hydrogen-bond acceptors (Lipinski definition) is 8. The fourth-order valence-corrected chi connectivity index (χ4v) is 11.4. The zero-order chi connectivity index (χ0) is 20.1. The molecule has 158 valence electrons. The first-order valence-corrected chi connectivity index (χ1v) is 16.5. The lowest BCUT2D eigenvalue weighted by atomic mass is 10.4. The summed E-state index contributed by atoms with van der Waals surface area (Å²) in [7, 11) is 9.37. The summed E-state index contributed by atoms with van der Waals surface area (Å²) in [6, 6.07) is 0. The second-order valence-electron chi connectivity index (χ2n) is 7.00. The fourth-order valence-electron chi connectivity index (χ4n) is 1.99. The van der Waals surface area contributed by atoms with Crippen molar-refractivity contribution >= 4 is 61.7 Å². The van der Waals surface area contributed by atoms with E-state index in [0.29, 0.717) is 13.2 Å². The Morgan fingerprint density at radius 3 is 1.35 bits per heavy atom. The van der Waals surface area contributed by atoms with Gasteiger partial charge in [0.1, 0.15) is 0 Å². The Morgan fingerprint density at radius 1 is 0.731 bits per heavy atom. The van der Waals surface area contributed by atoms with Gasteiger partial charge in [-0.2, -0.15) is 0 Å². The molecule has 0 N–H and O–H groups in total. The van der Waals surface area contributed by atoms with E-state index in [-0.39, 0.29) is 23.0 Å². The molecule has 0 amide bonds. The van der Waals surface area contributed by atoms with Crippen LogP contribution in [0.3, 0.4) is 0 Å². The summed E-state index contributed by atoms with van der Waals surface area (Å²) in [5.41, 5.74) is 0. The lowest BCUT2D eigenvalue weighted by molar-refractivity contribution is -0.173. The largest absolute Gasteiger partial charge is 0.353 e. The predicted molar refractivity (Wildman–Crippen MR) is 130 cm³/mol. The Morgan fingerprint density at radius 2 is 1.08 bits per heavy atom. The summed E-state index contributed by atoms with van der Waals surface area (Å²) in [6.45, 7) is 14.0. The van der Waals surface area contributed by atoms with Crippen LogP contribution in [-0.2, 0) is 18.9 Å². The summed E-state index contributed by atoms with van der Waals surface area (Å²) in [5.74, 6) is 1.97. The Kier molecular flexibility index (Phi) is 16.5. The van der Waals surface area contributed by atoms with Crippen LogP contribution in [0.2, 0.25) is 0 Å². The fraction of sp³-hybridized carbons (Fsp3) is 1.00. The maximum atomic E-state index is 6.13. The van der Waals surface area contributed by atoms with E-state index in [1.54, 1.807) is 0 Å². The first-order valence-electron chi connectivity index (χ1n) is 9.36. The van der Waals surface area contributed by atoms with Crippen molar-refractivity contribution in [3.05, 3.63) is 0 Å². The normalized spacial score (nSPS) is 19.2. The van der Waals surface area contributed by atoms with Crippen molar-refractivity contribution in [2.24, 2.45) is 0 Å². The lowest BCUT2D eigenvalue weighted by Crippen LogP contribution is -2.37. The Bertz CT molecular complexity index is 320. The molecule has 4 unspecified atom stereocenters. The van der Waals surface area contributed by atoms with Crippen molar-refractivity contribution in [2.75, 3.05) is 24.7 Å². The van der Waals surface area contributed by atoms with Crippen molar-refractivity contribution in [1.29, 1.82) is 0 Å². The van der Waals surface area contributed by atoms with E-state index >= 15 is 0 Å². The van der Waals surface area contributed by atoms with Gasteiger partial charge in [-0.25, -0.2) is 0 Å². The van der Waals surface area contributed by atoms with Crippen LogP contribution >= 0.6 is 41.2 Å². The smallest absolute Gasteiger partial charge is 0.157 e. The summed E-state index contributed by atoms with van der Waals surface area (Å²) >= 11 is 0. The molecule has 0 saturated heterocycles. The van der Waals surface area contributed by atoms with Gasteiger partial charge in [0, 0.05) is 45.2 Å². The van der Waals surface area contributed by atoms with E-state index in [9.17, 15) is 0 Å². The molecule has 0 aliphatic heterocycles. The van der Waals surface area contributed by atoms with Crippen LogP contribution in [0.15, 0.2) is 0 Å². The van der Waals surface area contributed by atoms with Crippen molar-refractivity contribution in [1.82, 2.24) is 0 Å². The molecule has 0 aliphatic rings. The van der Waals surface area contributed by atoms with Gasteiger partial charge >= 0.3 is 0 Å². The monoisotopic (exact) mass is 478 g/mol. The molecule has 0 aliphatic carbocycles. The van der Waals surface area contributed by atoms with E-state index in [0.717, 1.165) is 44.8 Å². The summed E-state index contributed by atoms with van der Waals surface area (Å²) in [6.07, 6.45) is 1.64. The van der Waals surface area contributed by atoms with Gasteiger partial charge in [-0.15, -0.1) is 0 Å². The van der Waals surface area contributed by atoms with Crippen molar-refractivity contribution in [3.63, 3.8) is 0 Å². The highest BCUT2D eigenvalue weighted by molar-refractivity contribution is 9.26. The third-order valence-electron chi connectivity index (χ3n) is 3.21. The molecule has 10 heteroatoms. The molecule has 0 aromatic carbocycles. The van der Waals surface area contributed by atoms with Crippen LogP contribution < -0.4 is 0 Å². The van der Waals surface area contributed by atoms with Crippen LogP contribution in [0.4, 0.5) is 0 Å². The number of hydrogen-bond donors (Lipinski definition) is 0. The predicted octanol–water partition coefficient (Wildman–Crippen LogP) is 3.41.